The molecule has 2 N–H and O–H groups in total. The van der Waals surface area contributed by atoms with Gasteiger partial charge >= 0.3 is 0 Å². The van der Waals surface area contributed by atoms with Gasteiger partial charge in [0, 0.05) is 12.6 Å². The summed E-state index contributed by atoms with van der Waals surface area (Å²) in [4.78, 5) is 0. The van der Waals surface area contributed by atoms with Crippen LogP contribution in [0.3, 0.4) is 0 Å². The highest BCUT2D eigenvalue weighted by molar-refractivity contribution is 4.74. The Hall–Kier alpha value is -0.0800. The summed E-state index contributed by atoms with van der Waals surface area (Å²) in [7, 11) is 0. The SMILES string of the molecule is CC[C@H](N)[C@H]1CCCCO1. The third-order valence-corrected chi connectivity index (χ3v) is 2.16. The van der Waals surface area contributed by atoms with Gasteiger partial charge in [-0.2, -0.15) is 0 Å². The fourth-order valence-corrected chi connectivity index (χ4v) is 1.37. The van der Waals surface area contributed by atoms with E-state index in [4.69, 9.17) is 10.5 Å². The van der Waals surface area contributed by atoms with Crippen LogP contribution in [-0.4, -0.2) is 18.8 Å². The summed E-state index contributed by atoms with van der Waals surface area (Å²) in [5.74, 6) is 0. The Labute approximate surface area is 62.7 Å². The van der Waals surface area contributed by atoms with Gasteiger partial charge in [-0.25, -0.2) is 0 Å². The number of nitrogens with two attached hydrogens (primary N) is 1. The van der Waals surface area contributed by atoms with Gasteiger partial charge in [-0.15, -0.1) is 0 Å². The summed E-state index contributed by atoms with van der Waals surface area (Å²) in [6.45, 7) is 3.03. The molecule has 0 radical (unpaired) electrons. The highest BCUT2D eigenvalue weighted by Gasteiger charge is 2.19. The smallest absolute Gasteiger partial charge is 0.0725 e. The normalized spacial score (nSPS) is 30.0. The Kier molecular flexibility index (Phi) is 3.16. The maximum atomic E-state index is 5.82. The van der Waals surface area contributed by atoms with Gasteiger partial charge in [-0.3, -0.25) is 0 Å². The summed E-state index contributed by atoms with van der Waals surface area (Å²) in [6.07, 6.45) is 5.05. The van der Waals surface area contributed by atoms with Crippen LogP contribution in [0.25, 0.3) is 0 Å². The van der Waals surface area contributed by atoms with E-state index in [-0.39, 0.29) is 6.04 Å². The average molecular weight is 143 g/mol. The van der Waals surface area contributed by atoms with Crippen LogP contribution < -0.4 is 5.73 Å². The van der Waals surface area contributed by atoms with Gasteiger partial charge in [0.2, 0.25) is 0 Å². The van der Waals surface area contributed by atoms with E-state index in [9.17, 15) is 0 Å². The second kappa shape index (κ2) is 3.94. The van der Waals surface area contributed by atoms with E-state index in [1.165, 1.54) is 12.8 Å². The van der Waals surface area contributed by atoms with Crippen LogP contribution in [0.5, 0.6) is 0 Å². The minimum Gasteiger partial charge on any atom is -0.377 e. The van der Waals surface area contributed by atoms with Crippen LogP contribution in [0.4, 0.5) is 0 Å². The molecule has 0 aromatic heterocycles. The Balaban J connectivity index is 2.24. The van der Waals surface area contributed by atoms with Gasteiger partial charge in [0.05, 0.1) is 6.10 Å². The maximum absolute atomic E-state index is 5.82. The van der Waals surface area contributed by atoms with Crippen molar-refractivity contribution in [2.45, 2.75) is 44.8 Å². The summed E-state index contributed by atoms with van der Waals surface area (Å²) in [5.41, 5.74) is 5.82. The van der Waals surface area contributed by atoms with E-state index in [2.05, 4.69) is 6.92 Å². The summed E-state index contributed by atoms with van der Waals surface area (Å²) in [6, 6.07) is 0.264. The maximum Gasteiger partial charge on any atom is 0.0725 e. The van der Waals surface area contributed by atoms with Crippen molar-refractivity contribution in [1.29, 1.82) is 0 Å². The molecule has 1 saturated heterocycles. The van der Waals surface area contributed by atoms with Gasteiger partial charge in [0.25, 0.3) is 0 Å². The summed E-state index contributed by atoms with van der Waals surface area (Å²) in [5, 5.41) is 0. The molecule has 1 heterocycles. The molecular weight excluding hydrogens is 126 g/mol. The summed E-state index contributed by atoms with van der Waals surface area (Å²) < 4.78 is 5.51. The van der Waals surface area contributed by atoms with E-state index in [0.717, 1.165) is 19.4 Å². The first-order valence-electron chi connectivity index (χ1n) is 4.21. The van der Waals surface area contributed by atoms with Crippen LogP contribution in [0.2, 0.25) is 0 Å². The first-order chi connectivity index (χ1) is 4.84. The van der Waals surface area contributed by atoms with E-state index in [1.807, 2.05) is 0 Å². The fourth-order valence-electron chi connectivity index (χ4n) is 1.37. The Morgan fingerprint density at radius 3 is 2.90 bits per heavy atom. The zero-order chi connectivity index (χ0) is 7.40. The van der Waals surface area contributed by atoms with Crippen molar-refractivity contribution >= 4 is 0 Å². The molecule has 0 aliphatic carbocycles. The predicted molar refractivity (Wildman–Crippen MR) is 41.9 cm³/mol. The van der Waals surface area contributed by atoms with Crippen molar-refractivity contribution in [2.75, 3.05) is 6.61 Å². The molecule has 1 fully saturated rings. The lowest BCUT2D eigenvalue weighted by atomic mass is 10.0. The van der Waals surface area contributed by atoms with Crippen molar-refractivity contribution in [1.82, 2.24) is 0 Å². The van der Waals surface area contributed by atoms with Crippen molar-refractivity contribution in [3.8, 4) is 0 Å². The van der Waals surface area contributed by atoms with Crippen molar-refractivity contribution in [2.24, 2.45) is 5.73 Å². The molecule has 60 valence electrons. The number of rotatable bonds is 2. The number of ether oxygens (including phenoxy) is 1. The fraction of sp³-hybridized carbons (Fsp3) is 1.00. The van der Waals surface area contributed by atoms with Crippen LogP contribution >= 0.6 is 0 Å². The minimum atomic E-state index is 0.264. The van der Waals surface area contributed by atoms with Gasteiger partial charge in [-0.05, 0) is 25.7 Å². The van der Waals surface area contributed by atoms with Crippen LogP contribution in [0, 0.1) is 0 Å². The van der Waals surface area contributed by atoms with Crippen LogP contribution in [0.1, 0.15) is 32.6 Å². The van der Waals surface area contributed by atoms with E-state index >= 15 is 0 Å². The first-order valence-corrected chi connectivity index (χ1v) is 4.21. The van der Waals surface area contributed by atoms with E-state index in [0.29, 0.717) is 6.10 Å². The highest BCUT2D eigenvalue weighted by atomic mass is 16.5. The molecule has 0 aromatic rings. The van der Waals surface area contributed by atoms with Crippen LogP contribution in [-0.2, 0) is 4.74 Å². The molecular formula is C8H17NO. The van der Waals surface area contributed by atoms with Crippen molar-refractivity contribution < 1.29 is 4.74 Å². The van der Waals surface area contributed by atoms with Crippen molar-refractivity contribution in [3.63, 3.8) is 0 Å². The largest absolute Gasteiger partial charge is 0.377 e. The quantitative estimate of drug-likeness (QED) is 0.632. The number of hydrogen-bond donors (Lipinski definition) is 1. The molecule has 2 nitrogen and oxygen atoms in total. The lowest BCUT2D eigenvalue weighted by molar-refractivity contribution is -0.0000974. The van der Waals surface area contributed by atoms with E-state index < -0.39 is 0 Å². The zero-order valence-corrected chi connectivity index (χ0v) is 6.68. The first kappa shape index (κ1) is 8.02. The second-order valence-electron chi connectivity index (χ2n) is 2.98. The zero-order valence-electron chi connectivity index (χ0n) is 6.68. The third kappa shape index (κ3) is 1.96. The monoisotopic (exact) mass is 143 g/mol. The Morgan fingerprint density at radius 1 is 1.60 bits per heavy atom. The number of hydrogen-bond acceptors (Lipinski definition) is 2. The second-order valence-corrected chi connectivity index (χ2v) is 2.98. The lowest BCUT2D eigenvalue weighted by Gasteiger charge is -2.26. The Bertz CT molecular complexity index is 89.3. The molecule has 1 aliphatic heterocycles. The molecule has 10 heavy (non-hydrogen) atoms. The third-order valence-electron chi connectivity index (χ3n) is 2.16. The molecule has 1 aliphatic rings. The highest BCUT2D eigenvalue weighted by Crippen LogP contribution is 2.15. The lowest BCUT2D eigenvalue weighted by Crippen LogP contribution is -2.38. The summed E-state index contributed by atoms with van der Waals surface area (Å²) >= 11 is 0. The van der Waals surface area contributed by atoms with E-state index in [1.54, 1.807) is 0 Å². The molecule has 0 bridgehead atoms. The van der Waals surface area contributed by atoms with Crippen LogP contribution in [0.15, 0.2) is 0 Å². The molecule has 0 spiro atoms. The average Bonchev–Trinajstić information content (AvgIpc) is 2.05. The molecule has 0 amide bonds. The molecule has 0 unspecified atom stereocenters. The topological polar surface area (TPSA) is 35.2 Å². The van der Waals surface area contributed by atoms with Crippen molar-refractivity contribution in [3.05, 3.63) is 0 Å². The molecule has 0 saturated carbocycles. The standard InChI is InChI=1S/C8H17NO/c1-2-7(9)8-5-3-4-6-10-8/h7-8H,2-6,9H2,1H3/t7-,8+/m0/s1. The van der Waals surface area contributed by atoms with Gasteiger partial charge in [-0.1, -0.05) is 6.92 Å². The van der Waals surface area contributed by atoms with Gasteiger partial charge in [0.1, 0.15) is 0 Å². The molecule has 0 aromatic carbocycles. The Morgan fingerprint density at radius 2 is 2.40 bits per heavy atom. The molecule has 1 rings (SSSR count). The minimum absolute atomic E-state index is 0.264. The molecule has 2 heteroatoms. The predicted octanol–water partition coefficient (Wildman–Crippen LogP) is 1.29. The molecule has 2 atom stereocenters. The van der Waals surface area contributed by atoms with Gasteiger partial charge in [0.15, 0.2) is 0 Å². The van der Waals surface area contributed by atoms with Gasteiger partial charge < -0.3 is 10.5 Å².